The summed E-state index contributed by atoms with van der Waals surface area (Å²) in [5.41, 5.74) is 1.03. The third kappa shape index (κ3) is 2.98. The molecule has 1 unspecified atom stereocenters. The van der Waals surface area contributed by atoms with Crippen molar-refractivity contribution >= 4 is 0 Å². The monoisotopic (exact) mass is 197 g/mol. The second-order valence-electron chi connectivity index (χ2n) is 6.40. The van der Waals surface area contributed by atoms with Crippen LogP contribution in [0.3, 0.4) is 0 Å². The molecule has 0 aromatic carbocycles. The molecule has 1 rings (SSSR count). The van der Waals surface area contributed by atoms with Crippen LogP contribution in [0.15, 0.2) is 0 Å². The van der Waals surface area contributed by atoms with Crippen molar-refractivity contribution in [3.8, 4) is 0 Å². The fourth-order valence-electron chi connectivity index (χ4n) is 2.13. The highest BCUT2D eigenvalue weighted by Gasteiger charge is 2.32. The van der Waals surface area contributed by atoms with Gasteiger partial charge in [-0.25, -0.2) is 0 Å². The lowest BCUT2D eigenvalue weighted by molar-refractivity contribution is 0.131. The standard InChI is InChI=1S/C13H27N/c1-11(2)13(5)7-6-12(3,4)8-9-14-10-13/h11,14H,6-10H2,1-5H3. The highest BCUT2D eigenvalue weighted by atomic mass is 14.9. The minimum absolute atomic E-state index is 0.498. The molecular weight excluding hydrogens is 170 g/mol. The molecule has 0 aliphatic carbocycles. The van der Waals surface area contributed by atoms with Gasteiger partial charge in [-0.2, -0.15) is 0 Å². The minimum atomic E-state index is 0.498. The quantitative estimate of drug-likeness (QED) is 0.679. The summed E-state index contributed by atoms with van der Waals surface area (Å²) >= 11 is 0. The Morgan fingerprint density at radius 3 is 2.21 bits per heavy atom. The Hall–Kier alpha value is -0.0400. The lowest BCUT2D eigenvalue weighted by Gasteiger charge is -2.40. The van der Waals surface area contributed by atoms with Crippen LogP contribution in [0, 0.1) is 16.7 Å². The van der Waals surface area contributed by atoms with E-state index in [1.165, 1.54) is 32.4 Å². The first-order chi connectivity index (χ1) is 6.36. The topological polar surface area (TPSA) is 12.0 Å². The van der Waals surface area contributed by atoms with E-state index in [4.69, 9.17) is 0 Å². The molecule has 0 spiro atoms. The van der Waals surface area contributed by atoms with Crippen molar-refractivity contribution in [1.29, 1.82) is 0 Å². The maximum absolute atomic E-state index is 3.61. The number of hydrogen-bond acceptors (Lipinski definition) is 1. The summed E-state index contributed by atoms with van der Waals surface area (Å²) in [5, 5.41) is 3.61. The normalized spacial score (nSPS) is 33.9. The second kappa shape index (κ2) is 4.22. The molecule has 0 aromatic heterocycles. The molecule has 1 atom stereocenters. The van der Waals surface area contributed by atoms with Gasteiger partial charge in [-0.15, -0.1) is 0 Å². The molecule has 1 heteroatoms. The molecule has 84 valence electrons. The van der Waals surface area contributed by atoms with Gasteiger partial charge in [-0.1, -0.05) is 34.6 Å². The van der Waals surface area contributed by atoms with Crippen LogP contribution < -0.4 is 5.32 Å². The Kier molecular flexibility index (Phi) is 3.63. The molecule has 1 saturated heterocycles. The van der Waals surface area contributed by atoms with Crippen molar-refractivity contribution < 1.29 is 0 Å². The summed E-state index contributed by atoms with van der Waals surface area (Å²) in [6, 6.07) is 0. The SMILES string of the molecule is CC(C)C1(C)CCC(C)(C)CCNC1. The van der Waals surface area contributed by atoms with E-state index >= 15 is 0 Å². The zero-order valence-corrected chi connectivity index (χ0v) is 10.6. The molecule has 0 radical (unpaired) electrons. The van der Waals surface area contributed by atoms with E-state index in [9.17, 15) is 0 Å². The molecule has 0 saturated carbocycles. The van der Waals surface area contributed by atoms with Crippen LogP contribution in [0.4, 0.5) is 0 Å². The summed E-state index contributed by atoms with van der Waals surface area (Å²) in [6.45, 7) is 14.3. The summed E-state index contributed by atoms with van der Waals surface area (Å²) < 4.78 is 0. The van der Waals surface area contributed by atoms with Gasteiger partial charge in [-0.05, 0) is 42.6 Å². The third-order valence-electron chi connectivity index (χ3n) is 4.27. The molecule has 1 fully saturated rings. The molecule has 1 aliphatic heterocycles. The van der Waals surface area contributed by atoms with Gasteiger partial charge in [0.2, 0.25) is 0 Å². The van der Waals surface area contributed by atoms with Crippen LogP contribution in [0.25, 0.3) is 0 Å². The molecule has 14 heavy (non-hydrogen) atoms. The van der Waals surface area contributed by atoms with Gasteiger partial charge in [0, 0.05) is 6.54 Å². The highest BCUT2D eigenvalue weighted by Crippen LogP contribution is 2.38. The van der Waals surface area contributed by atoms with Crippen LogP contribution in [-0.2, 0) is 0 Å². The van der Waals surface area contributed by atoms with Crippen LogP contribution in [0.2, 0.25) is 0 Å². The lowest BCUT2D eigenvalue weighted by atomic mass is 9.70. The van der Waals surface area contributed by atoms with Crippen LogP contribution in [0.1, 0.15) is 53.9 Å². The van der Waals surface area contributed by atoms with E-state index in [0.29, 0.717) is 10.8 Å². The Morgan fingerprint density at radius 1 is 1.00 bits per heavy atom. The van der Waals surface area contributed by atoms with E-state index in [-0.39, 0.29) is 0 Å². The lowest BCUT2D eigenvalue weighted by Crippen LogP contribution is -2.40. The smallest absolute Gasteiger partial charge is 0.000762 e. The molecule has 1 aliphatic rings. The molecule has 1 nitrogen and oxygen atoms in total. The molecule has 0 amide bonds. The van der Waals surface area contributed by atoms with E-state index in [1.807, 2.05) is 0 Å². The van der Waals surface area contributed by atoms with Gasteiger partial charge in [0.05, 0.1) is 0 Å². The van der Waals surface area contributed by atoms with Crippen molar-refractivity contribution in [2.24, 2.45) is 16.7 Å². The van der Waals surface area contributed by atoms with Gasteiger partial charge in [0.1, 0.15) is 0 Å². The van der Waals surface area contributed by atoms with E-state index in [2.05, 4.69) is 39.9 Å². The minimum Gasteiger partial charge on any atom is -0.316 e. The Labute approximate surface area is 89.7 Å². The summed E-state index contributed by atoms with van der Waals surface area (Å²) in [6.07, 6.45) is 4.06. The van der Waals surface area contributed by atoms with Crippen molar-refractivity contribution in [3.63, 3.8) is 0 Å². The Bertz CT molecular complexity index is 184. The molecule has 0 bridgehead atoms. The first kappa shape index (κ1) is 12.0. The predicted octanol–water partition coefficient (Wildman–Crippen LogP) is 3.45. The fourth-order valence-corrected chi connectivity index (χ4v) is 2.13. The molecular formula is C13H27N. The zero-order chi connectivity index (χ0) is 10.8. The van der Waals surface area contributed by atoms with E-state index in [1.54, 1.807) is 0 Å². The van der Waals surface area contributed by atoms with Crippen molar-refractivity contribution in [3.05, 3.63) is 0 Å². The first-order valence-corrected chi connectivity index (χ1v) is 6.06. The summed E-state index contributed by atoms with van der Waals surface area (Å²) in [4.78, 5) is 0. The highest BCUT2D eigenvalue weighted by molar-refractivity contribution is 4.85. The zero-order valence-electron chi connectivity index (χ0n) is 10.6. The van der Waals surface area contributed by atoms with E-state index in [0.717, 1.165) is 5.92 Å². The number of rotatable bonds is 1. The molecule has 0 aromatic rings. The van der Waals surface area contributed by atoms with E-state index < -0.39 is 0 Å². The maximum atomic E-state index is 3.61. The van der Waals surface area contributed by atoms with Gasteiger partial charge in [0.15, 0.2) is 0 Å². The largest absolute Gasteiger partial charge is 0.316 e. The van der Waals surface area contributed by atoms with Crippen LogP contribution in [0.5, 0.6) is 0 Å². The van der Waals surface area contributed by atoms with Gasteiger partial charge < -0.3 is 5.32 Å². The average molecular weight is 197 g/mol. The third-order valence-corrected chi connectivity index (χ3v) is 4.27. The summed E-state index contributed by atoms with van der Waals surface area (Å²) in [5.74, 6) is 0.781. The summed E-state index contributed by atoms with van der Waals surface area (Å²) in [7, 11) is 0. The van der Waals surface area contributed by atoms with Crippen LogP contribution in [-0.4, -0.2) is 13.1 Å². The number of nitrogens with one attached hydrogen (secondary N) is 1. The Morgan fingerprint density at radius 2 is 1.64 bits per heavy atom. The fraction of sp³-hybridized carbons (Fsp3) is 1.00. The molecule has 1 N–H and O–H groups in total. The maximum Gasteiger partial charge on any atom is 0.000762 e. The molecule has 1 heterocycles. The average Bonchev–Trinajstić information content (AvgIpc) is 2.07. The van der Waals surface area contributed by atoms with Crippen molar-refractivity contribution in [2.45, 2.75) is 53.9 Å². The van der Waals surface area contributed by atoms with Gasteiger partial charge in [0.25, 0.3) is 0 Å². The predicted molar refractivity (Wildman–Crippen MR) is 63.4 cm³/mol. The van der Waals surface area contributed by atoms with Crippen molar-refractivity contribution in [2.75, 3.05) is 13.1 Å². The number of hydrogen-bond donors (Lipinski definition) is 1. The van der Waals surface area contributed by atoms with Crippen LogP contribution >= 0.6 is 0 Å². The second-order valence-corrected chi connectivity index (χ2v) is 6.40. The van der Waals surface area contributed by atoms with Gasteiger partial charge >= 0.3 is 0 Å². The Balaban J connectivity index is 2.63. The van der Waals surface area contributed by atoms with Crippen molar-refractivity contribution in [1.82, 2.24) is 5.32 Å². The van der Waals surface area contributed by atoms with Gasteiger partial charge in [-0.3, -0.25) is 0 Å². The first-order valence-electron chi connectivity index (χ1n) is 6.06.